The lowest BCUT2D eigenvalue weighted by atomic mass is 10.3. The zero-order chi connectivity index (χ0) is 11.3. The minimum atomic E-state index is 0.240. The maximum Gasteiger partial charge on any atom is 0.222 e. The van der Waals surface area contributed by atoms with Crippen LogP contribution in [-0.2, 0) is 4.79 Å². The standard InChI is InChI=1S/C11H23N3O/c1-4-11(15)13(3)7-10-14-8-5-12(2)6-9-14/h4-10H2,1-3H3. The number of nitrogens with zero attached hydrogens (tertiary/aromatic N) is 3. The molecule has 1 aliphatic rings. The summed E-state index contributed by atoms with van der Waals surface area (Å²) in [7, 11) is 4.05. The van der Waals surface area contributed by atoms with E-state index in [0.29, 0.717) is 6.42 Å². The fraction of sp³-hybridized carbons (Fsp3) is 0.909. The molecule has 1 heterocycles. The monoisotopic (exact) mass is 213 g/mol. The number of hydrogen-bond donors (Lipinski definition) is 0. The molecule has 1 fully saturated rings. The first-order valence-electron chi connectivity index (χ1n) is 5.78. The van der Waals surface area contributed by atoms with Crippen LogP contribution in [0.4, 0.5) is 0 Å². The van der Waals surface area contributed by atoms with Gasteiger partial charge >= 0.3 is 0 Å². The summed E-state index contributed by atoms with van der Waals surface area (Å²) in [6.07, 6.45) is 0.610. The predicted octanol–water partition coefficient (Wildman–Crippen LogP) is 0.102. The lowest BCUT2D eigenvalue weighted by molar-refractivity contribution is -0.129. The number of hydrogen-bond acceptors (Lipinski definition) is 3. The molecular formula is C11H23N3O. The number of rotatable bonds is 4. The van der Waals surface area contributed by atoms with E-state index >= 15 is 0 Å². The van der Waals surface area contributed by atoms with Gasteiger partial charge in [-0.3, -0.25) is 9.69 Å². The molecule has 0 bridgehead atoms. The van der Waals surface area contributed by atoms with Gasteiger partial charge in [-0.25, -0.2) is 0 Å². The van der Waals surface area contributed by atoms with Crippen LogP contribution >= 0.6 is 0 Å². The average molecular weight is 213 g/mol. The van der Waals surface area contributed by atoms with Gasteiger partial charge in [0.2, 0.25) is 5.91 Å². The molecule has 0 aliphatic carbocycles. The van der Waals surface area contributed by atoms with E-state index in [4.69, 9.17) is 0 Å². The molecule has 0 aromatic rings. The molecule has 0 atom stereocenters. The molecule has 4 heteroatoms. The second kappa shape index (κ2) is 6.08. The first kappa shape index (κ1) is 12.5. The highest BCUT2D eigenvalue weighted by Gasteiger charge is 2.14. The van der Waals surface area contributed by atoms with Gasteiger partial charge in [0.1, 0.15) is 0 Å². The smallest absolute Gasteiger partial charge is 0.222 e. The lowest BCUT2D eigenvalue weighted by Crippen LogP contribution is -2.47. The molecule has 0 aromatic heterocycles. The quantitative estimate of drug-likeness (QED) is 0.663. The first-order valence-corrected chi connectivity index (χ1v) is 5.78. The van der Waals surface area contributed by atoms with E-state index in [2.05, 4.69) is 16.8 Å². The van der Waals surface area contributed by atoms with Gasteiger partial charge in [-0.1, -0.05) is 6.92 Å². The van der Waals surface area contributed by atoms with Crippen molar-refractivity contribution in [3.8, 4) is 0 Å². The highest BCUT2D eigenvalue weighted by Crippen LogP contribution is 1.99. The van der Waals surface area contributed by atoms with Crippen LogP contribution in [0.1, 0.15) is 13.3 Å². The Morgan fingerprint density at radius 2 is 1.87 bits per heavy atom. The van der Waals surface area contributed by atoms with Crippen LogP contribution in [0.15, 0.2) is 0 Å². The van der Waals surface area contributed by atoms with Crippen molar-refractivity contribution >= 4 is 5.91 Å². The Morgan fingerprint density at radius 3 is 2.40 bits per heavy atom. The van der Waals surface area contributed by atoms with Crippen molar-refractivity contribution in [1.29, 1.82) is 0 Å². The van der Waals surface area contributed by atoms with Gasteiger partial charge in [-0.05, 0) is 7.05 Å². The topological polar surface area (TPSA) is 26.8 Å². The maximum absolute atomic E-state index is 11.3. The Hall–Kier alpha value is -0.610. The first-order chi connectivity index (χ1) is 7.13. The molecule has 88 valence electrons. The summed E-state index contributed by atoms with van der Waals surface area (Å²) < 4.78 is 0. The molecule has 1 aliphatic heterocycles. The molecule has 1 amide bonds. The van der Waals surface area contributed by atoms with Crippen LogP contribution in [0.5, 0.6) is 0 Å². The van der Waals surface area contributed by atoms with Crippen LogP contribution in [-0.4, -0.2) is 74.0 Å². The molecule has 1 saturated heterocycles. The van der Waals surface area contributed by atoms with Crippen molar-refractivity contribution in [3.05, 3.63) is 0 Å². The van der Waals surface area contributed by atoms with Crippen molar-refractivity contribution in [2.75, 3.05) is 53.4 Å². The molecule has 0 spiro atoms. The molecular weight excluding hydrogens is 190 g/mol. The Balaban J connectivity index is 2.17. The average Bonchev–Trinajstić information content (AvgIpc) is 2.26. The van der Waals surface area contributed by atoms with Gasteiger partial charge in [-0.15, -0.1) is 0 Å². The van der Waals surface area contributed by atoms with E-state index in [-0.39, 0.29) is 5.91 Å². The molecule has 0 N–H and O–H groups in total. The van der Waals surface area contributed by atoms with Crippen molar-refractivity contribution in [1.82, 2.24) is 14.7 Å². The normalized spacial score (nSPS) is 19.1. The van der Waals surface area contributed by atoms with Crippen LogP contribution in [0, 0.1) is 0 Å². The third kappa shape index (κ3) is 4.18. The van der Waals surface area contributed by atoms with Crippen molar-refractivity contribution < 1.29 is 4.79 Å². The van der Waals surface area contributed by atoms with Crippen molar-refractivity contribution in [3.63, 3.8) is 0 Å². The van der Waals surface area contributed by atoms with E-state index in [1.165, 1.54) is 0 Å². The zero-order valence-corrected chi connectivity index (χ0v) is 10.2. The van der Waals surface area contributed by atoms with Crippen molar-refractivity contribution in [2.45, 2.75) is 13.3 Å². The van der Waals surface area contributed by atoms with Gasteiger partial charge in [-0.2, -0.15) is 0 Å². The molecule has 15 heavy (non-hydrogen) atoms. The molecule has 0 aromatic carbocycles. The van der Waals surface area contributed by atoms with E-state index in [1.807, 2.05) is 18.9 Å². The van der Waals surface area contributed by atoms with Gasteiger partial charge in [0, 0.05) is 52.7 Å². The van der Waals surface area contributed by atoms with Crippen molar-refractivity contribution in [2.24, 2.45) is 0 Å². The minimum Gasteiger partial charge on any atom is -0.344 e. The Bertz CT molecular complexity index is 200. The number of piperazine rings is 1. The Labute approximate surface area is 92.8 Å². The van der Waals surface area contributed by atoms with Gasteiger partial charge < -0.3 is 9.80 Å². The van der Waals surface area contributed by atoms with Gasteiger partial charge in [0.25, 0.3) is 0 Å². The number of carbonyl (C=O) groups excluding carboxylic acids is 1. The summed E-state index contributed by atoms with van der Waals surface area (Å²) in [5.41, 5.74) is 0. The van der Waals surface area contributed by atoms with E-state index < -0.39 is 0 Å². The second-order valence-corrected chi connectivity index (χ2v) is 4.31. The largest absolute Gasteiger partial charge is 0.344 e. The molecule has 0 unspecified atom stereocenters. The molecule has 0 saturated carbocycles. The van der Waals surface area contributed by atoms with Crippen LogP contribution in [0.2, 0.25) is 0 Å². The summed E-state index contributed by atoms with van der Waals surface area (Å²) in [5.74, 6) is 0.240. The molecule has 0 radical (unpaired) electrons. The number of carbonyl (C=O) groups is 1. The SMILES string of the molecule is CCC(=O)N(C)CCN1CCN(C)CC1. The summed E-state index contributed by atoms with van der Waals surface area (Å²) >= 11 is 0. The molecule has 1 rings (SSSR count). The van der Waals surface area contributed by atoms with Crippen LogP contribution < -0.4 is 0 Å². The minimum absolute atomic E-state index is 0.240. The second-order valence-electron chi connectivity index (χ2n) is 4.31. The highest BCUT2D eigenvalue weighted by atomic mass is 16.2. The third-order valence-electron chi connectivity index (χ3n) is 3.08. The summed E-state index contributed by atoms with van der Waals surface area (Å²) in [5, 5.41) is 0. The summed E-state index contributed by atoms with van der Waals surface area (Å²) in [6, 6.07) is 0. The number of likely N-dealkylation sites (N-methyl/N-ethyl adjacent to an activating group) is 2. The fourth-order valence-corrected chi connectivity index (χ4v) is 1.76. The predicted molar refractivity (Wildman–Crippen MR) is 61.9 cm³/mol. The summed E-state index contributed by atoms with van der Waals surface area (Å²) in [4.78, 5) is 17.9. The number of amides is 1. The third-order valence-corrected chi connectivity index (χ3v) is 3.08. The van der Waals surface area contributed by atoms with Gasteiger partial charge in [0.15, 0.2) is 0 Å². The van der Waals surface area contributed by atoms with E-state index in [1.54, 1.807) is 0 Å². The van der Waals surface area contributed by atoms with Gasteiger partial charge in [0.05, 0.1) is 0 Å². The highest BCUT2D eigenvalue weighted by molar-refractivity contribution is 5.75. The van der Waals surface area contributed by atoms with Crippen LogP contribution in [0.3, 0.4) is 0 Å². The van der Waals surface area contributed by atoms with Crippen LogP contribution in [0.25, 0.3) is 0 Å². The Morgan fingerprint density at radius 1 is 1.27 bits per heavy atom. The summed E-state index contributed by atoms with van der Waals surface area (Å²) in [6.45, 7) is 8.33. The maximum atomic E-state index is 11.3. The van der Waals surface area contributed by atoms with E-state index in [0.717, 1.165) is 39.3 Å². The molecule has 4 nitrogen and oxygen atoms in total. The Kier molecular flexibility index (Phi) is 5.05. The van der Waals surface area contributed by atoms with E-state index in [9.17, 15) is 4.79 Å². The lowest BCUT2D eigenvalue weighted by Gasteiger charge is -2.33. The fourth-order valence-electron chi connectivity index (χ4n) is 1.76. The zero-order valence-electron chi connectivity index (χ0n) is 10.2.